The molecule has 0 bridgehead atoms. The van der Waals surface area contributed by atoms with E-state index in [1.165, 1.54) is 5.56 Å². The van der Waals surface area contributed by atoms with Crippen molar-refractivity contribution >= 4 is 0 Å². The smallest absolute Gasteiger partial charge is 0.119 e. The maximum absolute atomic E-state index is 5.80. The zero-order valence-corrected chi connectivity index (χ0v) is 13.1. The molecule has 1 heterocycles. The lowest BCUT2D eigenvalue weighted by molar-refractivity contribution is 0.0105. The number of nitrogens with one attached hydrogen (secondary N) is 1. The van der Waals surface area contributed by atoms with E-state index in [2.05, 4.69) is 24.4 Å². The van der Waals surface area contributed by atoms with Gasteiger partial charge in [-0.15, -0.1) is 0 Å². The van der Waals surface area contributed by atoms with Crippen molar-refractivity contribution in [3.05, 3.63) is 29.8 Å². The minimum Gasteiger partial charge on any atom is -0.494 e. The van der Waals surface area contributed by atoms with Gasteiger partial charge in [0.2, 0.25) is 0 Å². The highest BCUT2D eigenvalue weighted by Gasteiger charge is 2.16. The summed E-state index contributed by atoms with van der Waals surface area (Å²) < 4.78 is 17.0. The van der Waals surface area contributed by atoms with Gasteiger partial charge in [-0.2, -0.15) is 0 Å². The van der Waals surface area contributed by atoms with Crippen LogP contribution >= 0.6 is 0 Å². The molecule has 1 N–H and O–H groups in total. The van der Waals surface area contributed by atoms with Crippen LogP contribution in [0, 0.1) is 0 Å². The number of hydrogen-bond donors (Lipinski definition) is 1. The first kappa shape index (κ1) is 16.3. The molecule has 0 saturated carbocycles. The maximum Gasteiger partial charge on any atom is 0.119 e. The Morgan fingerprint density at radius 2 is 2.14 bits per heavy atom. The van der Waals surface area contributed by atoms with Gasteiger partial charge in [0, 0.05) is 6.61 Å². The van der Waals surface area contributed by atoms with Gasteiger partial charge in [0.05, 0.1) is 32.0 Å². The van der Waals surface area contributed by atoms with E-state index in [0.717, 1.165) is 38.2 Å². The van der Waals surface area contributed by atoms with E-state index < -0.39 is 0 Å². The lowest BCUT2D eigenvalue weighted by atomic mass is 10.1. The van der Waals surface area contributed by atoms with Gasteiger partial charge >= 0.3 is 0 Å². The molecule has 0 radical (unpaired) electrons. The van der Waals surface area contributed by atoms with Crippen molar-refractivity contribution in [3.8, 4) is 5.75 Å². The Hall–Kier alpha value is -1.10. The van der Waals surface area contributed by atoms with Crippen molar-refractivity contribution in [1.29, 1.82) is 0 Å². The molecule has 0 amide bonds. The molecule has 4 nitrogen and oxygen atoms in total. The fourth-order valence-corrected chi connectivity index (χ4v) is 2.46. The third kappa shape index (κ3) is 5.30. The molecule has 0 spiro atoms. The zero-order chi connectivity index (χ0) is 14.9. The Kier molecular flexibility index (Phi) is 7.00. The Labute approximate surface area is 127 Å². The molecule has 118 valence electrons. The van der Waals surface area contributed by atoms with Gasteiger partial charge in [-0.25, -0.2) is 0 Å². The highest BCUT2D eigenvalue weighted by atomic mass is 16.5. The van der Waals surface area contributed by atoms with Crippen LogP contribution in [0.1, 0.15) is 37.8 Å². The molecular weight excluding hydrogens is 266 g/mol. The van der Waals surface area contributed by atoms with Crippen molar-refractivity contribution in [3.63, 3.8) is 0 Å². The van der Waals surface area contributed by atoms with E-state index in [0.29, 0.717) is 13.2 Å². The number of hydrogen-bond acceptors (Lipinski definition) is 4. The first-order valence-corrected chi connectivity index (χ1v) is 7.93. The summed E-state index contributed by atoms with van der Waals surface area (Å²) in [5, 5.41) is 3.30. The number of ether oxygens (including phenoxy) is 3. The number of benzene rings is 1. The van der Waals surface area contributed by atoms with Gasteiger partial charge in [-0.05, 0) is 44.0 Å². The summed E-state index contributed by atoms with van der Waals surface area (Å²) in [4.78, 5) is 0. The van der Waals surface area contributed by atoms with E-state index >= 15 is 0 Å². The third-order valence-corrected chi connectivity index (χ3v) is 3.72. The largest absolute Gasteiger partial charge is 0.494 e. The van der Waals surface area contributed by atoms with Crippen LogP contribution in [0.4, 0.5) is 0 Å². The van der Waals surface area contributed by atoms with Crippen LogP contribution in [-0.2, 0) is 9.47 Å². The second kappa shape index (κ2) is 9.03. The molecule has 4 heteroatoms. The topological polar surface area (TPSA) is 39.7 Å². The predicted molar refractivity (Wildman–Crippen MR) is 83.8 cm³/mol. The first-order valence-electron chi connectivity index (χ1n) is 7.93. The molecule has 1 aliphatic rings. The summed E-state index contributed by atoms with van der Waals surface area (Å²) in [5.41, 5.74) is 1.22. The zero-order valence-electron chi connectivity index (χ0n) is 13.1. The molecule has 2 rings (SSSR count). The lowest BCUT2D eigenvalue weighted by Gasteiger charge is -2.18. The lowest BCUT2D eigenvalue weighted by Crippen LogP contribution is -2.24. The minimum absolute atomic E-state index is 0.201. The van der Waals surface area contributed by atoms with Crippen molar-refractivity contribution in [2.24, 2.45) is 0 Å². The summed E-state index contributed by atoms with van der Waals surface area (Å²) in [6, 6.07) is 8.44. The van der Waals surface area contributed by atoms with Crippen molar-refractivity contribution in [2.75, 3.05) is 33.5 Å². The van der Waals surface area contributed by atoms with Crippen molar-refractivity contribution in [2.45, 2.75) is 38.3 Å². The SMILES string of the molecule is CCCOc1ccc(C(COCC2CCCO2)NC)cc1. The third-order valence-electron chi connectivity index (χ3n) is 3.72. The quantitative estimate of drug-likeness (QED) is 0.760. The van der Waals surface area contributed by atoms with Gasteiger partial charge < -0.3 is 19.5 Å². The molecule has 2 atom stereocenters. The highest BCUT2D eigenvalue weighted by Crippen LogP contribution is 2.19. The molecule has 2 unspecified atom stereocenters. The monoisotopic (exact) mass is 293 g/mol. The Balaban J connectivity index is 1.78. The molecular formula is C17H27NO3. The van der Waals surface area contributed by atoms with E-state index in [1.807, 2.05) is 19.2 Å². The van der Waals surface area contributed by atoms with Crippen LogP contribution in [0.5, 0.6) is 5.75 Å². The van der Waals surface area contributed by atoms with Gasteiger partial charge in [-0.3, -0.25) is 0 Å². The summed E-state index contributed by atoms with van der Waals surface area (Å²) in [6.07, 6.45) is 3.58. The fourth-order valence-electron chi connectivity index (χ4n) is 2.46. The Bertz CT molecular complexity index is 388. The number of likely N-dealkylation sites (N-methyl/N-ethyl adjacent to an activating group) is 1. The van der Waals surface area contributed by atoms with E-state index in [4.69, 9.17) is 14.2 Å². The van der Waals surface area contributed by atoms with Gasteiger partial charge in [0.15, 0.2) is 0 Å². The highest BCUT2D eigenvalue weighted by molar-refractivity contribution is 5.29. The molecule has 0 aromatic heterocycles. The van der Waals surface area contributed by atoms with Crippen LogP contribution in [0.3, 0.4) is 0 Å². The van der Waals surface area contributed by atoms with Gasteiger partial charge in [0.25, 0.3) is 0 Å². The van der Waals surface area contributed by atoms with Crippen molar-refractivity contribution in [1.82, 2.24) is 5.32 Å². The molecule has 1 aromatic carbocycles. The van der Waals surface area contributed by atoms with Crippen LogP contribution in [0.2, 0.25) is 0 Å². The normalized spacial score (nSPS) is 19.6. The van der Waals surface area contributed by atoms with Gasteiger partial charge in [0.1, 0.15) is 5.75 Å². The molecule has 0 aliphatic carbocycles. The summed E-state index contributed by atoms with van der Waals surface area (Å²) in [7, 11) is 1.96. The van der Waals surface area contributed by atoms with E-state index in [9.17, 15) is 0 Å². The van der Waals surface area contributed by atoms with Crippen LogP contribution < -0.4 is 10.1 Å². The van der Waals surface area contributed by atoms with Crippen LogP contribution in [-0.4, -0.2) is 39.6 Å². The average molecular weight is 293 g/mol. The first-order chi connectivity index (χ1) is 10.3. The molecule has 1 aromatic rings. The molecule has 21 heavy (non-hydrogen) atoms. The second-order valence-corrected chi connectivity index (χ2v) is 5.43. The Morgan fingerprint density at radius 1 is 1.33 bits per heavy atom. The summed E-state index contributed by atoms with van der Waals surface area (Å²) >= 11 is 0. The van der Waals surface area contributed by atoms with Crippen LogP contribution in [0.15, 0.2) is 24.3 Å². The number of rotatable bonds is 9. The standard InChI is InChI=1S/C17H27NO3/c1-3-10-20-15-8-6-14(7-9-15)17(18-2)13-19-12-16-5-4-11-21-16/h6-9,16-18H,3-5,10-13H2,1-2H3. The van der Waals surface area contributed by atoms with Crippen LogP contribution in [0.25, 0.3) is 0 Å². The second-order valence-electron chi connectivity index (χ2n) is 5.43. The van der Waals surface area contributed by atoms with Gasteiger partial charge in [-0.1, -0.05) is 19.1 Å². The molecule has 1 saturated heterocycles. The minimum atomic E-state index is 0.201. The average Bonchev–Trinajstić information content (AvgIpc) is 3.03. The predicted octanol–water partition coefficient (Wildman–Crippen LogP) is 2.93. The summed E-state index contributed by atoms with van der Waals surface area (Å²) in [5.74, 6) is 0.927. The van der Waals surface area contributed by atoms with Crippen molar-refractivity contribution < 1.29 is 14.2 Å². The maximum atomic E-state index is 5.80. The molecule has 1 aliphatic heterocycles. The van der Waals surface area contributed by atoms with E-state index in [1.54, 1.807) is 0 Å². The fraction of sp³-hybridized carbons (Fsp3) is 0.647. The Morgan fingerprint density at radius 3 is 2.76 bits per heavy atom. The van der Waals surface area contributed by atoms with E-state index in [-0.39, 0.29) is 12.1 Å². The molecule has 1 fully saturated rings. The summed E-state index contributed by atoms with van der Waals surface area (Å²) in [6.45, 7) is 5.10.